The molecule has 0 aliphatic heterocycles. The molecule has 152 valence electrons. The summed E-state index contributed by atoms with van der Waals surface area (Å²) in [5.74, 6) is 0.439. The number of pyridine rings is 1. The van der Waals surface area contributed by atoms with Crippen molar-refractivity contribution >= 4 is 16.7 Å². The van der Waals surface area contributed by atoms with Gasteiger partial charge in [0.15, 0.2) is 0 Å². The van der Waals surface area contributed by atoms with Crippen LogP contribution in [0.5, 0.6) is 0 Å². The van der Waals surface area contributed by atoms with Crippen molar-refractivity contribution in [3.63, 3.8) is 0 Å². The first-order chi connectivity index (χ1) is 14.5. The number of nitrogens with one attached hydrogen (secondary N) is 1. The third kappa shape index (κ3) is 3.98. The minimum atomic E-state index is -0.493. The Bertz CT molecular complexity index is 1280. The monoisotopic (exact) mass is 402 g/mol. The van der Waals surface area contributed by atoms with Crippen LogP contribution in [-0.2, 0) is 6.42 Å². The van der Waals surface area contributed by atoms with E-state index in [9.17, 15) is 9.59 Å². The Hall–Kier alpha value is -3.81. The van der Waals surface area contributed by atoms with Crippen molar-refractivity contribution in [3.8, 4) is 0 Å². The highest BCUT2D eigenvalue weighted by molar-refractivity contribution is 5.80. The molecule has 0 fully saturated rings. The molecule has 4 aromatic rings. The lowest BCUT2D eigenvalue weighted by Gasteiger charge is -2.20. The number of nitrogens with zero attached hydrogens (tertiary/aromatic N) is 5. The third-order valence-electron chi connectivity index (χ3n) is 5.06. The fourth-order valence-electron chi connectivity index (χ4n) is 3.30. The van der Waals surface area contributed by atoms with Crippen molar-refractivity contribution < 1.29 is 0 Å². The number of hydrogen-bond donors (Lipinski definition) is 1. The predicted molar refractivity (Wildman–Crippen MR) is 116 cm³/mol. The topological polar surface area (TPSA) is 96.8 Å². The standard InChI is InChI=1S/C22H22N6O2/c1-15(28-21(30)18-9-4-3-7-16(18)14-24-28)19-13-20(29)26-22(25-19)27(2)12-10-17-8-5-6-11-23-17/h3-9,11,13-15H,10,12H2,1-2H3,(H,25,26,29)/t15-/m0/s1. The molecule has 0 radical (unpaired) electrons. The number of fused-ring (bicyclic) bond motifs is 1. The van der Waals surface area contributed by atoms with E-state index in [4.69, 9.17) is 0 Å². The normalized spacial score (nSPS) is 12.1. The highest BCUT2D eigenvalue weighted by Gasteiger charge is 2.17. The van der Waals surface area contributed by atoms with Crippen LogP contribution in [0.15, 0.2) is 70.5 Å². The molecule has 0 unspecified atom stereocenters. The third-order valence-corrected chi connectivity index (χ3v) is 5.06. The number of aromatic nitrogens is 5. The van der Waals surface area contributed by atoms with E-state index in [1.54, 1.807) is 18.5 Å². The van der Waals surface area contributed by atoms with E-state index in [-0.39, 0.29) is 11.1 Å². The van der Waals surface area contributed by atoms with Crippen LogP contribution in [0.2, 0.25) is 0 Å². The van der Waals surface area contributed by atoms with E-state index in [0.717, 1.165) is 11.1 Å². The highest BCUT2D eigenvalue weighted by atomic mass is 16.1. The van der Waals surface area contributed by atoms with Gasteiger partial charge in [0.25, 0.3) is 11.1 Å². The average molecular weight is 402 g/mol. The average Bonchev–Trinajstić information content (AvgIpc) is 2.78. The van der Waals surface area contributed by atoms with Gasteiger partial charge in [0.2, 0.25) is 5.95 Å². The van der Waals surface area contributed by atoms with E-state index in [1.165, 1.54) is 10.7 Å². The maximum absolute atomic E-state index is 12.9. The van der Waals surface area contributed by atoms with Gasteiger partial charge in [0, 0.05) is 43.4 Å². The lowest BCUT2D eigenvalue weighted by Crippen LogP contribution is -2.30. The van der Waals surface area contributed by atoms with Gasteiger partial charge < -0.3 is 4.90 Å². The van der Waals surface area contributed by atoms with Gasteiger partial charge in [-0.3, -0.25) is 19.6 Å². The first-order valence-corrected chi connectivity index (χ1v) is 9.72. The van der Waals surface area contributed by atoms with Crippen molar-refractivity contribution in [3.05, 3.63) is 93.0 Å². The molecule has 8 heteroatoms. The number of benzene rings is 1. The van der Waals surface area contributed by atoms with Gasteiger partial charge in [0.1, 0.15) is 0 Å². The van der Waals surface area contributed by atoms with Crippen molar-refractivity contribution in [1.29, 1.82) is 0 Å². The molecule has 0 aliphatic rings. The lowest BCUT2D eigenvalue weighted by molar-refractivity contribution is 0.523. The molecule has 8 nitrogen and oxygen atoms in total. The van der Waals surface area contributed by atoms with E-state index >= 15 is 0 Å². The van der Waals surface area contributed by atoms with Crippen molar-refractivity contribution in [2.75, 3.05) is 18.5 Å². The Balaban J connectivity index is 1.62. The molecule has 30 heavy (non-hydrogen) atoms. The summed E-state index contributed by atoms with van der Waals surface area (Å²) in [6.45, 7) is 2.44. The zero-order valence-corrected chi connectivity index (χ0v) is 16.8. The number of rotatable bonds is 6. The minimum Gasteiger partial charge on any atom is -0.345 e. The molecule has 0 aliphatic carbocycles. The molecule has 4 rings (SSSR count). The Morgan fingerprint density at radius 3 is 2.73 bits per heavy atom. The molecule has 0 amide bonds. The largest absolute Gasteiger partial charge is 0.345 e. The summed E-state index contributed by atoms with van der Waals surface area (Å²) >= 11 is 0. The fraction of sp³-hybridized carbons (Fsp3) is 0.227. The van der Waals surface area contributed by atoms with Crippen LogP contribution >= 0.6 is 0 Å². The maximum atomic E-state index is 12.9. The number of hydrogen-bond acceptors (Lipinski definition) is 6. The van der Waals surface area contributed by atoms with Crippen LogP contribution in [0.1, 0.15) is 24.4 Å². The molecule has 0 bridgehead atoms. The quantitative estimate of drug-likeness (QED) is 0.531. The Kier molecular flexibility index (Phi) is 5.38. The molecular weight excluding hydrogens is 380 g/mol. The van der Waals surface area contributed by atoms with Crippen LogP contribution in [0.25, 0.3) is 10.8 Å². The van der Waals surface area contributed by atoms with Crippen molar-refractivity contribution in [1.82, 2.24) is 24.7 Å². The van der Waals surface area contributed by atoms with Crippen molar-refractivity contribution in [2.45, 2.75) is 19.4 Å². The van der Waals surface area contributed by atoms with E-state index in [0.29, 0.717) is 30.0 Å². The number of likely N-dealkylation sites (N-methyl/N-ethyl adjacent to an activating group) is 1. The Morgan fingerprint density at radius 2 is 1.93 bits per heavy atom. The summed E-state index contributed by atoms with van der Waals surface area (Å²) in [7, 11) is 1.86. The molecule has 0 saturated heterocycles. The summed E-state index contributed by atoms with van der Waals surface area (Å²) in [4.78, 5) is 38.7. The van der Waals surface area contributed by atoms with Crippen LogP contribution in [0, 0.1) is 0 Å². The molecular formula is C22H22N6O2. The minimum absolute atomic E-state index is 0.215. The summed E-state index contributed by atoms with van der Waals surface area (Å²) in [6.07, 6.45) is 4.12. The second kappa shape index (κ2) is 8.28. The second-order valence-electron chi connectivity index (χ2n) is 7.14. The van der Waals surface area contributed by atoms with Gasteiger partial charge in [-0.2, -0.15) is 5.10 Å². The lowest BCUT2D eigenvalue weighted by atomic mass is 10.2. The van der Waals surface area contributed by atoms with Gasteiger partial charge in [-0.25, -0.2) is 9.67 Å². The fourth-order valence-corrected chi connectivity index (χ4v) is 3.30. The zero-order valence-electron chi connectivity index (χ0n) is 16.8. The summed E-state index contributed by atoms with van der Waals surface area (Å²) < 4.78 is 1.36. The van der Waals surface area contributed by atoms with Crippen LogP contribution in [-0.4, -0.2) is 38.3 Å². The Morgan fingerprint density at radius 1 is 1.13 bits per heavy atom. The molecule has 1 atom stereocenters. The summed E-state index contributed by atoms with van der Waals surface area (Å²) in [5.41, 5.74) is 0.944. The first-order valence-electron chi connectivity index (χ1n) is 9.72. The molecule has 0 saturated carbocycles. The summed E-state index contributed by atoms with van der Waals surface area (Å²) in [6, 6.07) is 14.0. The SMILES string of the molecule is C[C@@H](c1cc(=O)[nH]c(N(C)CCc2ccccn2)n1)n1ncc2ccccc2c1=O. The first kappa shape index (κ1) is 19.5. The maximum Gasteiger partial charge on any atom is 0.275 e. The smallest absolute Gasteiger partial charge is 0.275 e. The Labute approximate surface area is 172 Å². The van der Waals surface area contributed by atoms with Gasteiger partial charge in [0.05, 0.1) is 23.3 Å². The van der Waals surface area contributed by atoms with E-state index in [1.807, 2.05) is 55.3 Å². The van der Waals surface area contributed by atoms with Crippen molar-refractivity contribution in [2.24, 2.45) is 0 Å². The van der Waals surface area contributed by atoms with Gasteiger partial charge in [-0.15, -0.1) is 0 Å². The van der Waals surface area contributed by atoms with Gasteiger partial charge >= 0.3 is 0 Å². The van der Waals surface area contributed by atoms with Gasteiger partial charge in [-0.05, 0) is 25.1 Å². The molecule has 1 aromatic carbocycles. The van der Waals surface area contributed by atoms with E-state index in [2.05, 4.69) is 20.1 Å². The summed E-state index contributed by atoms with van der Waals surface area (Å²) in [5, 5.41) is 5.65. The molecule has 3 heterocycles. The molecule has 3 aromatic heterocycles. The number of H-pyrrole nitrogens is 1. The number of anilines is 1. The van der Waals surface area contributed by atoms with Crippen LogP contribution < -0.4 is 16.0 Å². The van der Waals surface area contributed by atoms with Crippen LogP contribution in [0.4, 0.5) is 5.95 Å². The highest BCUT2D eigenvalue weighted by Crippen LogP contribution is 2.16. The number of aromatic amines is 1. The second-order valence-corrected chi connectivity index (χ2v) is 7.14. The molecule has 1 N–H and O–H groups in total. The molecule has 0 spiro atoms. The predicted octanol–water partition coefficient (Wildman–Crippen LogP) is 2.16. The van der Waals surface area contributed by atoms with Gasteiger partial charge in [-0.1, -0.05) is 24.3 Å². The zero-order chi connectivity index (χ0) is 21.1. The van der Waals surface area contributed by atoms with Crippen LogP contribution in [0.3, 0.4) is 0 Å². The van der Waals surface area contributed by atoms with E-state index < -0.39 is 6.04 Å².